The molecule has 0 aliphatic heterocycles. The van der Waals surface area contributed by atoms with E-state index < -0.39 is 5.91 Å². The molecule has 23 heavy (non-hydrogen) atoms. The number of phenols is 1. The summed E-state index contributed by atoms with van der Waals surface area (Å²) in [5.41, 5.74) is 5.81. The summed E-state index contributed by atoms with van der Waals surface area (Å²) in [6.45, 7) is 6.32. The molecule has 1 aromatic rings. The van der Waals surface area contributed by atoms with Crippen LogP contribution >= 0.6 is 0 Å². The Balaban J connectivity index is 1.72. The maximum atomic E-state index is 12.6. The van der Waals surface area contributed by atoms with Gasteiger partial charge in [0, 0.05) is 17.2 Å². The predicted molar refractivity (Wildman–Crippen MR) is 86.4 cm³/mol. The van der Waals surface area contributed by atoms with Gasteiger partial charge < -0.3 is 10.5 Å². The maximum Gasteiger partial charge on any atom is 0.273 e. The second-order valence-electron chi connectivity index (χ2n) is 7.19. The summed E-state index contributed by atoms with van der Waals surface area (Å²) in [7, 11) is 0. The normalized spacial score (nSPS) is 29.8. The van der Waals surface area contributed by atoms with Crippen LogP contribution in [-0.4, -0.2) is 16.8 Å². The summed E-state index contributed by atoms with van der Waals surface area (Å²) in [4.78, 5) is 24.7. The van der Waals surface area contributed by atoms with Gasteiger partial charge in [-0.1, -0.05) is 32.9 Å². The van der Waals surface area contributed by atoms with Crippen molar-refractivity contribution in [2.45, 2.75) is 33.6 Å². The van der Waals surface area contributed by atoms with Crippen molar-refractivity contribution in [1.29, 1.82) is 0 Å². The number of para-hydroxylation sites is 1. The lowest BCUT2D eigenvalue weighted by molar-refractivity contribution is -0.125. The molecule has 2 saturated carbocycles. The highest BCUT2D eigenvalue weighted by Gasteiger charge is 2.63. The predicted octanol–water partition coefficient (Wildman–Crippen LogP) is 2.54. The highest BCUT2D eigenvalue weighted by Crippen LogP contribution is 2.65. The molecule has 122 valence electrons. The number of allylic oxidation sites excluding steroid dienone is 1. The molecule has 2 fully saturated rings. The van der Waals surface area contributed by atoms with Crippen LogP contribution in [0, 0.1) is 16.7 Å². The Kier molecular flexibility index (Phi) is 3.47. The van der Waals surface area contributed by atoms with Crippen LogP contribution in [0.2, 0.25) is 0 Å². The van der Waals surface area contributed by atoms with Crippen molar-refractivity contribution in [2.75, 3.05) is 0 Å². The molecule has 2 aliphatic rings. The number of benzene rings is 1. The lowest BCUT2D eigenvalue weighted by atomic mass is 9.70. The van der Waals surface area contributed by atoms with E-state index in [0.717, 1.165) is 18.4 Å². The zero-order valence-electron chi connectivity index (χ0n) is 13.6. The first-order valence-electron chi connectivity index (χ1n) is 7.88. The number of hydrogen-bond donors (Lipinski definition) is 3. The fourth-order valence-corrected chi connectivity index (χ4v) is 4.01. The van der Waals surface area contributed by atoms with Crippen molar-refractivity contribution in [2.24, 2.45) is 16.7 Å². The molecule has 5 heteroatoms. The topological polar surface area (TPSA) is 78.4 Å². The van der Waals surface area contributed by atoms with E-state index in [0.29, 0.717) is 0 Å². The van der Waals surface area contributed by atoms with E-state index in [9.17, 15) is 14.7 Å². The number of aromatic hydroxyl groups is 1. The quantitative estimate of drug-likeness (QED) is 0.592. The van der Waals surface area contributed by atoms with Gasteiger partial charge in [-0.15, -0.1) is 0 Å². The monoisotopic (exact) mass is 314 g/mol. The molecule has 0 spiro atoms. The van der Waals surface area contributed by atoms with Crippen LogP contribution in [-0.2, 0) is 4.79 Å². The Bertz CT molecular complexity index is 708. The zero-order valence-corrected chi connectivity index (χ0v) is 13.6. The third kappa shape index (κ3) is 2.14. The maximum absolute atomic E-state index is 12.6. The van der Waals surface area contributed by atoms with Crippen LogP contribution < -0.4 is 10.9 Å². The lowest BCUT2D eigenvalue weighted by Crippen LogP contribution is -2.35. The van der Waals surface area contributed by atoms with Gasteiger partial charge in [0.25, 0.3) is 5.91 Å². The molecule has 1 amide bonds. The van der Waals surface area contributed by atoms with Gasteiger partial charge in [0.15, 0.2) is 5.78 Å². The number of nitrogens with one attached hydrogen (secondary N) is 2. The smallest absolute Gasteiger partial charge is 0.273 e. The van der Waals surface area contributed by atoms with Gasteiger partial charge in [0.1, 0.15) is 5.75 Å². The molecule has 0 unspecified atom stereocenters. The van der Waals surface area contributed by atoms with E-state index in [-0.39, 0.29) is 33.8 Å². The van der Waals surface area contributed by atoms with Gasteiger partial charge in [0.05, 0.1) is 5.56 Å². The minimum atomic E-state index is -0.443. The number of amides is 1. The molecule has 0 aromatic heterocycles. The SMILES string of the molecule is CC1(C)[C@@H]2CC[C@@]1(C)C(=O)/C2=C\NNC(=O)c1ccccc1O. The van der Waals surface area contributed by atoms with E-state index in [1.807, 2.05) is 6.92 Å². The number of Topliss-reactive ketones (excluding diaryl/α,β-unsaturated/α-hetero) is 1. The third-order valence-corrected chi connectivity index (χ3v) is 5.93. The van der Waals surface area contributed by atoms with E-state index >= 15 is 0 Å². The minimum Gasteiger partial charge on any atom is -0.507 e. The second kappa shape index (κ2) is 5.11. The van der Waals surface area contributed by atoms with Gasteiger partial charge >= 0.3 is 0 Å². The summed E-state index contributed by atoms with van der Waals surface area (Å²) in [5.74, 6) is -0.136. The molecule has 0 radical (unpaired) electrons. The van der Waals surface area contributed by atoms with Crippen molar-refractivity contribution < 1.29 is 14.7 Å². The second-order valence-corrected chi connectivity index (χ2v) is 7.19. The van der Waals surface area contributed by atoms with E-state index in [4.69, 9.17) is 0 Å². The Labute approximate surface area is 135 Å². The molecule has 5 nitrogen and oxygen atoms in total. The molecule has 0 heterocycles. The van der Waals surface area contributed by atoms with Crippen molar-refractivity contribution in [3.8, 4) is 5.75 Å². The summed E-state index contributed by atoms with van der Waals surface area (Å²) in [6, 6.07) is 6.32. The molecule has 1 aromatic carbocycles. The van der Waals surface area contributed by atoms with Crippen LogP contribution in [0.5, 0.6) is 5.75 Å². The Morgan fingerprint density at radius 2 is 2.00 bits per heavy atom. The van der Waals surface area contributed by atoms with Crippen LogP contribution in [0.3, 0.4) is 0 Å². The van der Waals surface area contributed by atoms with Crippen molar-refractivity contribution >= 4 is 11.7 Å². The molecule has 2 aliphatic carbocycles. The first-order valence-corrected chi connectivity index (χ1v) is 7.88. The molecule has 0 saturated heterocycles. The largest absolute Gasteiger partial charge is 0.507 e. The number of carbonyl (C=O) groups excluding carboxylic acids is 2. The lowest BCUT2D eigenvalue weighted by Gasteiger charge is -2.31. The van der Waals surface area contributed by atoms with E-state index in [1.54, 1.807) is 18.3 Å². The third-order valence-electron chi connectivity index (χ3n) is 5.93. The Morgan fingerprint density at radius 3 is 2.61 bits per heavy atom. The van der Waals surface area contributed by atoms with Gasteiger partial charge in [-0.05, 0) is 36.3 Å². The molecule has 3 rings (SSSR count). The van der Waals surface area contributed by atoms with Crippen molar-refractivity contribution in [3.63, 3.8) is 0 Å². The summed E-state index contributed by atoms with van der Waals surface area (Å²) in [5, 5.41) is 9.66. The Hall–Kier alpha value is -2.30. The Morgan fingerprint density at radius 1 is 1.30 bits per heavy atom. The average Bonchev–Trinajstić information content (AvgIpc) is 2.81. The van der Waals surface area contributed by atoms with Crippen molar-refractivity contribution in [3.05, 3.63) is 41.6 Å². The summed E-state index contributed by atoms with van der Waals surface area (Å²) < 4.78 is 0. The first-order chi connectivity index (χ1) is 10.8. The first kappa shape index (κ1) is 15.6. The standard InChI is InChI=1S/C18H22N2O3/c1-17(2)13-8-9-18(17,3)15(22)12(13)10-19-20-16(23)11-6-4-5-7-14(11)21/h4-7,10,13,19,21H,8-9H2,1-3H3,(H,20,23)/b12-10-/t13-,18+/m1/s1. The number of hydrazine groups is 1. The number of phenolic OH excluding ortho intramolecular Hbond substituents is 1. The summed E-state index contributed by atoms with van der Waals surface area (Å²) in [6.07, 6.45) is 3.53. The van der Waals surface area contributed by atoms with Crippen LogP contribution in [0.25, 0.3) is 0 Å². The van der Waals surface area contributed by atoms with Crippen LogP contribution in [0.15, 0.2) is 36.0 Å². The number of rotatable bonds is 3. The number of hydrogen-bond acceptors (Lipinski definition) is 4. The fraction of sp³-hybridized carbons (Fsp3) is 0.444. The van der Waals surface area contributed by atoms with E-state index in [1.165, 1.54) is 12.1 Å². The zero-order chi connectivity index (χ0) is 16.8. The summed E-state index contributed by atoms with van der Waals surface area (Å²) >= 11 is 0. The highest BCUT2D eigenvalue weighted by molar-refractivity contribution is 6.04. The highest BCUT2D eigenvalue weighted by atomic mass is 16.3. The van der Waals surface area contributed by atoms with Gasteiger partial charge in [-0.3, -0.25) is 15.0 Å². The fourth-order valence-electron chi connectivity index (χ4n) is 4.01. The molecular formula is C18H22N2O3. The molecule has 3 N–H and O–H groups in total. The van der Waals surface area contributed by atoms with E-state index in [2.05, 4.69) is 24.7 Å². The average molecular weight is 314 g/mol. The van der Waals surface area contributed by atoms with Gasteiger partial charge in [0.2, 0.25) is 0 Å². The van der Waals surface area contributed by atoms with Crippen molar-refractivity contribution in [1.82, 2.24) is 10.9 Å². The minimum absolute atomic E-state index is 0.0562. The number of carbonyl (C=O) groups is 2. The van der Waals surface area contributed by atoms with Crippen LogP contribution in [0.1, 0.15) is 44.0 Å². The van der Waals surface area contributed by atoms with Gasteiger partial charge in [-0.25, -0.2) is 0 Å². The number of ketones is 1. The molecular weight excluding hydrogens is 292 g/mol. The van der Waals surface area contributed by atoms with Gasteiger partial charge in [-0.2, -0.15) is 0 Å². The molecule has 2 bridgehead atoms. The van der Waals surface area contributed by atoms with Crippen LogP contribution in [0.4, 0.5) is 0 Å². The number of fused-ring (bicyclic) bond motifs is 2. The molecule has 2 atom stereocenters.